The number of sulfonamides is 1. The van der Waals surface area contributed by atoms with E-state index in [4.69, 9.17) is 11.6 Å². The molecule has 0 aliphatic heterocycles. The Bertz CT molecular complexity index is 763. The fourth-order valence-corrected chi connectivity index (χ4v) is 2.81. The van der Waals surface area contributed by atoms with Gasteiger partial charge in [0.15, 0.2) is 11.6 Å². The van der Waals surface area contributed by atoms with Crippen molar-refractivity contribution >= 4 is 27.3 Å². The van der Waals surface area contributed by atoms with Gasteiger partial charge in [0, 0.05) is 11.1 Å². The maximum absolute atomic E-state index is 13.0. The topological polar surface area (TPSA) is 46.2 Å². The molecule has 0 saturated carbocycles. The van der Waals surface area contributed by atoms with Crippen molar-refractivity contribution in [2.24, 2.45) is 0 Å². The van der Waals surface area contributed by atoms with Crippen LogP contribution in [0.4, 0.5) is 14.5 Å². The summed E-state index contributed by atoms with van der Waals surface area (Å²) in [4.78, 5) is -0.0101. The van der Waals surface area contributed by atoms with Crippen molar-refractivity contribution in [2.75, 3.05) is 4.72 Å². The van der Waals surface area contributed by atoms with Crippen molar-refractivity contribution in [3.05, 3.63) is 58.6 Å². The van der Waals surface area contributed by atoms with Crippen molar-refractivity contribution < 1.29 is 17.2 Å². The van der Waals surface area contributed by atoms with Crippen LogP contribution in [0.25, 0.3) is 0 Å². The molecule has 0 aliphatic carbocycles. The molecule has 0 unspecified atom stereocenters. The lowest BCUT2D eigenvalue weighted by atomic mass is 10.2. The van der Waals surface area contributed by atoms with Crippen LogP contribution in [0.5, 0.6) is 0 Å². The number of halogens is 3. The third-order valence-corrected chi connectivity index (χ3v) is 4.41. The summed E-state index contributed by atoms with van der Waals surface area (Å²) in [6.45, 7) is 1.67. The largest absolute Gasteiger partial charge is 0.280 e. The van der Waals surface area contributed by atoms with E-state index in [2.05, 4.69) is 4.72 Å². The number of hydrogen-bond acceptors (Lipinski definition) is 2. The molecule has 0 heterocycles. The molecule has 106 valence electrons. The van der Waals surface area contributed by atoms with Crippen LogP contribution in [-0.4, -0.2) is 8.42 Å². The quantitative estimate of drug-likeness (QED) is 0.937. The highest BCUT2D eigenvalue weighted by atomic mass is 35.5. The third kappa shape index (κ3) is 3.08. The van der Waals surface area contributed by atoms with Gasteiger partial charge < -0.3 is 0 Å². The zero-order valence-corrected chi connectivity index (χ0v) is 11.9. The van der Waals surface area contributed by atoms with Gasteiger partial charge in [-0.3, -0.25) is 4.72 Å². The van der Waals surface area contributed by atoms with Crippen LogP contribution in [-0.2, 0) is 10.0 Å². The summed E-state index contributed by atoms with van der Waals surface area (Å²) in [6, 6.07) is 6.94. The fraction of sp³-hybridized carbons (Fsp3) is 0.0769. The normalized spacial score (nSPS) is 11.4. The number of nitrogens with one attached hydrogen (secondary N) is 1. The lowest BCUT2D eigenvalue weighted by Crippen LogP contribution is -2.13. The molecule has 7 heteroatoms. The zero-order chi connectivity index (χ0) is 14.9. The average molecular weight is 318 g/mol. The van der Waals surface area contributed by atoms with Gasteiger partial charge in [-0.2, -0.15) is 0 Å². The van der Waals surface area contributed by atoms with E-state index in [1.54, 1.807) is 6.92 Å². The molecule has 0 amide bonds. The minimum absolute atomic E-state index is 0.0101. The van der Waals surface area contributed by atoms with E-state index in [1.807, 2.05) is 0 Å². The standard InChI is InChI=1S/C13H10ClF2NO2S/c1-8-6-10(3-4-11(8)14)20(18,19)17-9-2-5-12(15)13(16)7-9/h2-7,17H,1H3. The molecule has 20 heavy (non-hydrogen) atoms. The summed E-state index contributed by atoms with van der Waals surface area (Å²) in [5.41, 5.74) is 0.538. The summed E-state index contributed by atoms with van der Waals surface area (Å²) >= 11 is 5.82. The van der Waals surface area contributed by atoms with Crippen LogP contribution in [0.3, 0.4) is 0 Å². The van der Waals surface area contributed by atoms with E-state index in [1.165, 1.54) is 18.2 Å². The van der Waals surface area contributed by atoms with Gasteiger partial charge in [0.1, 0.15) is 0 Å². The van der Waals surface area contributed by atoms with E-state index >= 15 is 0 Å². The van der Waals surface area contributed by atoms with Crippen molar-refractivity contribution in [3.8, 4) is 0 Å². The predicted molar refractivity (Wildman–Crippen MR) is 73.4 cm³/mol. The number of rotatable bonds is 3. The molecule has 0 aromatic heterocycles. The first-order chi connectivity index (χ1) is 9.29. The summed E-state index contributed by atoms with van der Waals surface area (Å²) in [5.74, 6) is -2.17. The molecule has 0 spiro atoms. The molecule has 2 rings (SSSR count). The number of aryl methyl sites for hydroxylation is 1. The second kappa shape index (κ2) is 5.38. The molecule has 0 aliphatic rings. The van der Waals surface area contributed by atoms with Crippen LogP contribution >= 0.6 is 11.6 Å². The molecule has 0 saturated heterocycles. The first kappa shape index (κ1) is 14.7. The highest BCUT2D eigenvalue weighted by molar-refractivity contribution is 7.92. The van der Waals surface area contributed by atoms with E-state index < -0.39 is 21.7 Å². The summed E-state index contributed by atoms with van der Waals surface area (Å²) in [6.07, 6.45) is 0. The number of benzene rings is 2. The van der Waals surface area contributed by atoms with E-state index in [0.29, 0.717) is 10.6 Å². The van der Waals surface area contributed by atoms with Crippen LogP contribution in [0.15, 0.2) is 41.3 Å². The Kier molecular flexibility index (Phi) is 3.96. The molecule has 1 N–H and O–H groups in total. The fourth-order valence-electron chi connectivity index (χ4n) is 1.56. The smallest absolute Gasteiger partial charge is 0.261 e. The van der Waals surface area contributed by atoms with Crippen LogP contribution in [0.2, 0.25) is 5.02 Å². The molecule has 0 radical (unpaired) electrons. The summed E-state index contributed by atoms with van der Waals surface area (Å²) in [5, 5.41) is 0.441. The molecule has 0 bridgehead atoms. The van der Waals surface area contributed by atoms with Crippen LogP contribution in [0.1, 0.15) is 5.56 Å². The first-order valence-electron chi connectivity index (χ1n) is 5.53. The highest BCUT2D eigenvalue weighted by Gasteiger charge is 2.16. The van der Waals surface area contributed by atoms with Gasteiger partial charge in [-0.15, -0.1) is 0 Å². The van der Waals surface area contributed by atoms with Crippen molar-refractivity contribution in [1.29, 1.82) is 0 Å². The van der Waals surface area contributed by atoms with Gasteiger partial charge in [0.25, 0.3) is 10.0 Å². The second-order valence-corrected chi connectivity index (χ2v) is 6.23. The Balaban J connectivity index is 2.35. The van der Waals surface area contributed by atoms with Crippen LogP contribution < -0.4 is 4.72 Å². The third-order valence-electron chi connectivity index (χ3n) is 2.61. The van der Waals surface area contributed by atoms with E-state index in [-0.39, 0.29) is 10.6 Å². The molecule has 2 aromatic carbocycles. The minimum atomic E-state index is -3.88. The SMILES string of the molecule is Cc1cc(S(=O)(=O)Nc2ccc(F)c(F)c2)ccc1Cl. The van der Waals surface area contributed by atoms with Gasteiger partial charge in [-0.25, -0.2) is 17.2 Å². The maximum atomic E-state index is 13.0. The van der Waals surface area contributed by atoms with Crippen molar-refractivity contribution in [3.63, 3.8) is 0 Å². The number of hydrogen-bond donors (Lipinski definition) is 1. The Morgan fingerprint density at radius 2 is 1.75 bits per heavy atom. The highest BCUT2D eigenvalue weighted by Crippen LogP contribution is 2.22. The van der Waals surface area contributed by atoms with Gasteiger partial charge in [0.2, 0.25) is 0 Å². The molecule has 0 fully saturated rings. The van der Waals surface area contributed by atoms with Gasteiger partial charge in [0.05, 0.1) is 10.6 Å². The molecular formula is C13H10ClF2NO2S. The monoisotopic (exact) mass is 317 g/mol. The predicted octanol–water partition coefficient (Wildman–Crippen LogP) is 3.73. The van der Waals surface area contributed by atoms with E-state index in [0.717, 1.165) is 18.2 Å². The zero-order valence-electron chi connectivity index (χ0n) is 10.3. The Labute approximate surface area is 120 Å². The Hall–Kier alpha value is -1.66. The molecule has 2 aromatic rings. The number of anilines is 1. The van der Waals surface area contributed by atoms with Gasteiger partial charge in [-0.05, 0) is 42.8 Å². The molecule has 3 nitrogen and oxygen atoms in total. The minimum Gasteiger partial charge on any atom is -0.280 e. The van der Waals surface area contributed by atoms with Crippen molar-refractivity contribution in [1.82, 2.24) is 0 Å². The lowest BCUT2D eigenvalue weighted by molar-refractivity contribution is 0.509. The maximum Gasteiger partial charge on any atom is 0.261 e. The molecule has 0 atom stereocenters. The van der Waals surface area contributed by atoms with Crippen molar-refractivity contribution in [2.45, 2.75) is 11.8 Å². The summed E-state index contributed by atoms with van der Waals surface area (Å²) in [7, 11) is -3.88. The van der Waals surface area contributed by atoms with E-state index in [9.17, 15) is 17.2 Å². The van der Waals surface area contributed by atoms with Gasteiger partial charge in [-0.1, -0.05) is 11.6 Å². The summed E-state index contributed by atoms with van der Waals surface area (Å²) < 4.78 is 52.2. The second-order valence-electron chi connectivity index (χ2n) is 4.15. The first-order valence-corrected chi connectivity index (χ1v) is 7.40. The van der Waals surface area contributed by atoms with Crippen LogP contribution in [0, 0.1) is 18.6 Å². The Morgan fingerprint density at radius 3 is 2.35 bits per heavy atom. The lowest BCUT2D eigenvalue weighted by Gasteiger charge is -2.09. The van der Waals surface area contributed by atoms with Gasteiger partial charge >= 0.3 is 0 Å². The Morgan fingerprint density at radius 1 is 1.05 bits per heavy atom. The average Bonchev–Trinajstić information content (AvgIpc) is 2.37. The molecular weight excluding hydrogens is 308 g/mol.